The summed E-state index contributed by atoms with van der Waals surface area (Å²) < 4.78 is 4.80. The molecule has 6 heterocycles. The molecule has 2 unspecified atom stereocenters. The Morgan fingerprint density at radius 2 is 1.69 bits per heavy atom. The van der Waals surface area contributed by atoms with Crippen LogP contribution in [0.1, 0.15) is 56.1 Å². The van der Waals surface area contributed by atoms with E-state index in [1.165, 1.54) is 11.5 Å². The van der Waals surface area contributed by atoms with Crippen molar-refractivity contribution in [2.75, 3.05) is 42.5 Å². The minimum atomic E-state index is -0.777. The molecule has 3 aliphatic heterocycles. The molecule has 4 atom stereocenters. The molecule has 1 spiro atoms. The number of phenolic OH excluding ortho intramolecular Hbond substituents is 1. The second-order valence-corrected chi connectivity index (χ2v) is 18.2. The number of likely N-dealkylation sites (tertiary alicyclic amines) is 1. The number of para-hydroxylation sites is 1. The molecule has 0 bridgehead atoms. The van der Waals surface area contributed by atoms with Gasteiger partial charge in [0.05, 0.1) is 51.0 Å². The second-order valence-electron chi connectivity index (χ2n) is 16.5. The number of amides is 2. The number of hydrogen-bond acceptors (Lipinski definition) is 12. The minimum Gasteiger partial charge on any atom is -0.507 e. The van der Waals surface area contributed by atoms with Crippen molar-refractivity contribution in [3.8, 4) is 27.4 Å². The van der Waals surface area contributed by atoms with Crippen molar-refractivity contribution >= 4 is 56.3 Å². The number of nitrogens with one attached hydrogen (secondary N) is 1. The minimum absolute atomic E-state index is 0.0600. The van der Waals surface area contributed by atoms with E-state index in [4.69, 9.17) is 4.37 Å². The van der Waals surface area contributed by atoms with Crippen molar-refractivity contribution in [3.63, 3.8) is 0 Å². The highest BCUT2D eigenvalue weighted by molar-refractivity contribution is 7.13. The molecule has 3 aliphatic rings. The number of aliphatic hydroxyl groups excluding tert-OH is 1. The number of carbonyl (C=O) groups excluding carboxylic acids is 2. The van der Waals surface area contributed by atoms with Crippen LogP contribution in [0.5, 0.6) is 5.75 Å². The standard InChI is InChI=1S/C44H46N8O4S2/c1-25(2)40(43(56)52-19-32(53)17-37(52)42(55)46-26(3)28-9-11-29(12-10-28)41-27(4)45-24-57-41)36-18-39(58-49-36)51-22-44(23-51)20-50(21-44)31-14-13-30-15-35(48-47-34(30)16-31)33-7-5-6-8-38(33)54/h5-16,18,24-26,32,37,40,53-54H,17,19-23H2,1-4H3,(H,46,55)/t26?,32-,37+,40?/m1/s1. The number of aromatic hydroxyl groups is 1. The van der Waals surface area contributed by atoms with Crippen LogP contribution in [-0.4, -0.2) is 91.4 Å². The van der Waals surface area contributed by atoms with Gasteiger partial charge in [0.15, 0.2) is 0 Å². The third-order valence-electron chi connectivity index (χ3n) is 11.9. The molecule has 0 aliphatic carbocycles. The fourth-order valence-corrected chi connectivity index (χ4v) is 10.4. The van der Waals surface area contributed by atoms with Crippen LogP contribution < -0.4 is 15.1 Å². The zero-order chi connectivity index (χ0) is 40.3. The number of nitrogens with zero attached hydrogens (tertiary/aromatic N) is 7. The van der Waals surface area contributed by atoms with Gasteiger partial charge in [-0.05, 0) is 78.8 Å². The molecule has 0 saturated carbocycles. The molecule has 0 radical (unpaired) electrons. The Kier molecular flexibility index (Phi) is 9.89. The second kappa shape index (κ2) is 15.1. The van der Waals surface area contributed by atoms with E-state index in [0.717, 1.165) is 69.5 Å². The Labute approximate surface area is 345 Å². The zero-order valence-corrected chi connectivity index (χ0v) is 34.5. The van der Waals surface area contributed by atoms with E-state index in [0.29, 0.717) is 17.0 Å². The van der Waals surface area contributed by atoms with Crippen molar-refractivity contribution in [1.82, 2.24) is 29.8 Å². The third-order valence-corrected chi connectivity index (χ3v) is 13.8. The lowest BCUT2D eigenvalue weighted by molar-refractivity contribution is -0.140. The fraction of sp³-hybridized carbons (Fsp3) is 0.364. The number of β-amino-alcohol motifs (C(OH)–C–C–N with tert-alkyl or cyclic N) is 1. The van der Waals surface area contributed by atoms with Crippen LogP contribution in [0.15, 0.2) is 84.4 Å². The number of benzene rings is 3. The molecule has 2 amide bonds. The first kappa shape index (κ1) is 38.1. The summed E-state index contributed by atoms with van der Waals surface area (Å²) in [5, 5.41) is 35.0. The molecule has 3 aromatic heterocycles. The number of rotatable bonds is 10. The van der Waals surface area contributed by atoms with E-state index in [2.05, 4.69) is 48.5 Å². The predicted molar refractivity (Wildman–Crippen MR) is 228 cm³/mol. The summed E-state index contributed by atoms with van der Waals surface area (Å²) in [6, 6.07) is 24.5. The number of hydrogen-bond donors (Lipinski definition) is 3. The maximum absolute atomic E-state index is 14.3. The quantitative estimate of drug-likeness (QED) is 0.135. The molecule has 6 aromatic rings. The van der Waals surface area contributed by atoms with Gasteiger partial charge in [0.1, 0.15) is 16.8 Å². The average molecular weight is 815 g/mol. The number of carbonyl (C=O) groups is 2. The Morgan fingerprint density at radius 3 is 2.41 bits per heavy atom. The molecular weight excluding hydrogens is 769 g/mol. The molecule has 3 aromatic carbocycles. The molecule has 3 fully saturated rings. The van der Waals surface area contributed by atoms with E-state index in [9.17, 15) is 19.8 Å². The third kappa shape index (κ3) is 7.07. The summed E-state index contributed by atoms with van der Waals surface area (Å²) in [5.74, 6) is -0.858. The largest absolute Gasteiger partial charge is 0.507 e. The van der Waals surface area contributed by atoms with Gasteiger partial charge in [-0.2, -0.15) is 4.37 Å². The molecule has 12 nitrogen and oxygen atoms in total. The Bertz CT molecular complexity index is 2490. The SMILES string of the molecule is Cc1ncsc1-c1ccc(C(C)NC(=O)[C@@H]2C[C@@H](O)CN2C(=O)C(c2cc(N3CC4(CN(c5ccc6cc(-c7ccccc7O)nnc6c5)C4)C3)sn2)C(C)C)cc1. The maximum Gasteiger partial charge on any atom is 0.243 e. The van der Waals surface area contributed by atoms with Gasteiger partial charge < -0.3 is 30.2 Å². The van der Waals surface area contributed by atoms with E-state index in [1.54, 1.807) is 28.4 Å². The molecule has 9 rings (SSSR count). The molecule has 3 N–H and O–H groups in total. The lowest BCUT2D eigenvalue weighted by Crippen LogP contribution is -2.72. The number of phenols is 1. The predicted octanol–water partition coefficient (Wildman–Crippen LogP) is 6.80. The zero-order valence-electron chi connectivity index (χ0n) is 32.9. The van der Waals surface area contributed by atoms with E-state index in [-0.39, 0.29) is 47.9 Å². The van der Waals surface area contributed by atoms with E-state index in [1.807, 2.05) is 81.7 Å². The monoisotopic (exact) mass is 814 g/mol. The van der Waals surface area contributed by atoms with Gasteiger partial charge in [0, 0.05) is 61.2 Å². The fourth-order valence-electron chi connectivity index (χ4n) is 8.82. The van der Waals surface area contributed by atoms with E-state index >= 15 is 0 Å². The topological polar surface area (TPSA) is 148 Å². The van der Waals surface area contributed by atoms with Gasteiger partial charge in [-0.1, -0.05) is 56.3 Å². The maximum atomic E-state index is 14.3. The summed E-state index contributed by atoms with van der Waals surface area (Å²) in [7, 11) is 0. The van der Waals surface area contributed by atoms with Gasteiger partial charge >= 0.3 is 0 Å². The van der Waals surface area contributed by atoms with Gasteiger partial charge in [0.2, 0.25) is 11.8 Å². The Morgan fingerprint density at radius 1 is 0.931 bits per heavy atom. The number of aromatic nitrogens is 4. The summed E-state index contributed by atoms with van der Waals surface area (Å²) in [5.41, 5.74) is 9.00. The van der Waals surface area contributed by atoms with Crippen molar-refractivity contribution in [1.29, 1.82) is 0 Å². The number of anilines is 2. The highest BCUT2D eigenvalue weighted by atomic mass is 32.1. The van der Waals surface area contributed by atoms with Crippen LogP contribution in [0.3, 0.4) is 0 Å². The van der Waals surface area contributed by atoms with Crippen LogP contribution >= 0.6 is 22.9 Å². The lowest BCUT2D eigenvalue weighted by atomic mass is 9.72. The van der Waals surface area contributed by atoms with Gasteiger partial charge in [-0.15, -0.1) is 21.5 Å². The van der Waals surface area contributed by atoms with Crippen LogP contribution in [-0.2, 0) is 9.59 Å². The highest BCUT2D eigenvalue weighted by Crippen LogP contribution is 2.46. The number of aryl methyl sites for hydroxylation is 1. The molecule has 14 heteroatoms. The van der Waals surface area contributed by atoms with E-state index < -0.39 is 18.1 Å². The Balaban J connectivity index is 0.816. The first-order valence-corrected chi connectivity index (χ1v) is 21.4. The number of fused-ring (bicyclic) bond motifs is 1. The van der Waals surface area contributed by atoms with Gasteiger partial charge in [-0.25, -0.2) is 4.98 Å². The lowest BCUT2D eigenvalue weighted by Gasteiger charge is -2.61. The first-order valence-electron chi connectivity index (χ1n) is 19.8. The summed E-state index contributed by atoms with van der Waals surface area (Å²) in [6.07, 6.45) is -0.582. The molecule has 298 valence electrons. The van der Waals surface area contributed by atoms with Gasteiger partial charge in [-0.3, -0.25) is 9.59 Å². The van der Waals surface area contributed by atoms with Gasteiger partial charge in [0.25, 0.3) is 0 Å². The molecular formula is C44H46N8O4S2. The average Bonchev–Trinajstić information content (AvgIpc) is 3.94. The molecule has 3 saturated heterocycles. The number of aliphatic hydroxyl groups is 1. The van der Waals surface area contributed by atoms with Crippen LogP contribution in [0.2, 0.25) is 0 Å². The van der Waals surface area contributed by atoms with Crippen LogP contribution in [0, 0.1) is 18.3 Å². The normalized spacial score (nSPS) is 19.7. The number of thiazole rings is 1. The smallest absolute Gasteiger partial charge is 0.243 e. The van der Waals surface area contributed by atoms with Crippen LogP contribution in [0.25, 0.3) is 32.6 Å². The summed E-state index contributed by atoms with van der Waals surface area (Å²) in [4.78, 5) is 39.8. The van der Waals surface area contributed by atoms with Crippen molar-refractivity contribution in [3.05, 3.63) is 101 Å². The van der Waals surface area contributed by atoms with Crippen molar-refractivity contribution in [2.24, 2.45) is 11.3 Å². The molecule has 58 heavy (non-hydrogen) atoms. The van der Waals surface area contributed by atoms with Crippen molar-refractivity contribution in [2.45, 2.75) is 58.2 Å². The Hall–Kier alpha value is -5.44. The van der Waals surface area contributed by atoms with Crippen LogP contribution in [0.4, 0.5) is 10.7 Å². The highest BCUT2D eigenvalue weighted by Gasteiger charge is 2.52. The summed E-state index contributed by atoms with van der Waals surface area (Å²) >= 11 is 3.02. The first-order chi connectivity index (χ1) is 27.9. The van der Waals surface area contributed by atoms with Crippen molar-refractivity contribution < 1.29 is 19.8 Å². The summed E-state index contributed by atoms with van der Waals surface area (Å²) in [6.45, 7) is 11.8.